The second-order valence-electron chi connectivity index (χ2n) is 5.54. The quantitative estimate of drug-likeness (QED) is 0.548. The average Bonchev–Trinajstić information content (AvgIpc) is 3.03. The second kappa shape index (κ2) is 6.21. The van der Waals surface area contributed by atoms with Crippen LogP contribution in [0.15, 0.2) is 40.3 Å². The number of aromatic nitrogens is 5. The fourth-order valence-corrected chi connectivity index (χ4v) is 3.34. The molecule has 7 nitrogen and oxygen atoms in total. The molecule has 0 saturated carbocycles. The molecular formula is C17H15N5O2S. The highest BCUT2D eigenvalue weighted by molar-refractivity contribution is 7.98. The maximum atomic E-state index is 12.2. The van der Waals surface area contributed by atoms with Crippen molar-refractivity contribution in [1.82, 2.24) is 24.9 Å². The molecule has 0 atom stereocenters. The van der Waals surface area contributed by atoms with Crippen molar-refractivity contribution in [3.05, 3.63) is 52.1 Å². The predicted octanol–water partition coefficient (Wildman–Crippen LogP) is 2.80. The molecule has 4 aromatic rings. The van der Waals surface area contributed by atoms with Crippen LogP contribution in [-0.2, 0) is 5.75 Å². The summed E-state index contributed by atoms with van der Waals surface area (Å²) in [7, 11) is 1.57. The van der Waals surface area contributed by atoms with Gasteiger partial charge in [0, 0.05) is 6.07 Å². The Morgan fingerprint density at radius 3 is 2.84 bits per heavy atom. The number of methoxy groups -OCH3 is 1. The summed E-state index contributed by atoms with van der Waals surface area (Å²) >= 11 is 1.46. The number of H-pyrrole nitrogens is 2. The van der Waals surface area contributed by atoms with E-state index in [-0.39, 0.29) is 5.56 Å². The number of thioether (sulfide) groups is 1. The Morgan fingerprint density at radius 1 is 1.12 bits per heavy atom. The number of pyridine rings is 1. The summed E-state index contributed by atoms with van der Waals surface area (Å²) in [6.45, 7) is 1.95. The van der Waals surface area contributed by atoms with Gasteiger partial charge in [-0.05, 0) is 24.6 Å². The lowest BCUT2D eigenvalue weighted by molar-refractivity contribution is 0.399. The number of imidazole rings is 1. The fraction of sp³-hybridized carbons (Fsp3) is 0.176. The molecule has 0 bridgehead atoms. The average molecular weight is 353 g/mol. The maximum Gasteiger partial charge on any atom is 0.258 e. The van der Waals surface area contributed by atoms with E-state index in [0.717, 1.165) is 16.6 Å². The van der Waals surface area contributed by atoms with Gasteiger partial charge in [-0.15, -0.1) is 0 Å². The minimum atomic E-state index is -0.125. The molecule has 0 fully saturated rings. The predicted molar refractivity (Wildman–Crippen MR) is 97.1 cm³/mol. The smallest absolute Gasteiger partial charge is 0.258 e. The van der Waals surface area contributed by atoms with E-state index in [1.54, 1.807) is 19.2 Å². The van der Waals surface area contributed by atoms with Gasteiger partial charge in [-0.2, -0.15) is 4.98 Å². The van der Waals surface area contributed by atoms with Crippen molar-refractivity contribution in [2.24, 2.45) is 0 Å². The Bertz CT molecular complexity index is 1130. The van der Waals surface area contributed by atoms with Crippen LogP contribution >= 0.6 is 11.8 Å². The minimum absolute atomic E-state index is 0.125. The van der Waals surface area contributed by atoms with Crippen molar-refractivity contribution >= 4 is 33.8 Å². The fourth-order valence-electron chi connectivity index (χ4n) is 2.59. The van der Waals surface area contributed by atoms with Gasteiger partial charge in [0.25, 0.3) is 5.56 Å². The zero-order valence-corrected chi connectivity index (χ0v) is 14.5. The van der Waals surface area contributed by atoms with Gasteiger partial charge < -0.3 is 14.7 Å². The molecule has 0 aliphatic carbocycles. The first-order valence-corrected chi connectivity index (χ1v) is 8.64. The van der Waals surface area contributed by atoms with Crippen molar-refractivity contribution in [2.45, 2.75) is 17.8 Å². The minimum Gasteiger partial charge on any atom is -0.481 e. The molecule has 0 unspecified atom stereocenters. The van der Waals surface area contributed by atoms with Gasteiger partial charge in [0.05, 0.1) is 29.3 Å². The van der Waals surface area contributed by atoms with E-state index in [4.69, 9.17) is 4.74 Å². The highest BCUT2D eigenvalue weighted by Crippen LogP contribution is 2.23. The summed E-state index contributed by atoms with van der Waals surface area (Å²) in [5.41, 5.74) is 3.02. The monoisotopic (exact) mass is 353 g/mol. The molecular weight excluding hydrogens is 338 g/mol. The van der Waals surface area contributed by atoms with Crippen molar-refractivity contribution in [3.8, 4) is 5.88 Å². The normalized spacial score (nSPS) is 11.3. The summed E-state index contributed by atoms with van der Waals surface area (Å²) in [4.78, 5) is 31.5. The van der Waals surface area contributed by atoms with Crippen molar-refractivity contribution in [2.75, 3.05) is 7.11 Å². The molecule has 3 heterocycles. The molecule has 126 valence electrons. The largest absolute Gasteiger partial charge is 0.481 e. The first-order valence-electron chi connectivity index (χ1n) is 7.66. The molecule has 0 amide bonds. The first kappa shape index (κ1) is 15.6. The molecule has 4 rings (SSSR count). The summed E-state index contributed by atoms with van der Waals surface area (Å²) in [6, 6.07) is 9.24. The summed E-state index contributed by atoms with van der Waals surface area (Å²) < 4.78 is 5.10. The Morgan fingerprint density at radius 2 is 2.00 bits per heavy atom. The maximum absolute atomic E-state index is 12.2. The summed E-state index contributed by atoms with van der Waals surface area (Å²) in [5.74, 6) is 1.63. The third-order valence-electron chi connectivity index (χ3n) is 3.84. The second-order valence-corrected chi connectivity index (χ2v) is 6.50. The van der Waals surface area contributed by atoms with E-state index >= 15 is 0 Å². The van der Waals surface area contributed by atoms with Crippen LogP contribution in [0.5, 0.6) is 5.88 Å². The number of benzene rings is 1. The Labute approximate surface area is 146 Å². The van der Waals surface area contributed by atoms with Gasteiger partial charge in [-0.1, -0.05) is 23.9 Å². The van der Waals surface area contributed by atoms with Crippen LogP contribution < -0.4 is 10.3 Å². The van der Waals surface area contributed by atoms with Gasteiger partial charge in [0.2, 0.25) is 5.88 Å². The Hall–Kier alpha value is -2.87. The molecule has 1 aromatic carbocycles. The molecule has 25 heavy (non-hydrogen) atoms. The van der Waals surface area contributed by atoms with Crippen LogP contribution in [0, 0.1) is 6.92 Å². The van der Waals surface area contributed by atoms with Crippen molar-refractivity contribution < 1.29 is 4.74 Å². The van der Waals surface area contributed by atoms with E-state index in [9.17, 15) is 4.79 Å². The first-order chi connectivity index (χ1) is 12.1. The van der Waals surface area contributed by atoms with Crippen LogP contribution in [0.25, 0.3) is 22.1 Å². The molecule has 0 saturated heterocycles. The van der Waals surface area contributed by atoms with Crippen LogP contribution in [0.1, 0.15) is 11.4 Å². The lowest BCUT2D eigenvalue weighted by Crippen LogP contribution is -2.11. The van der Waals surface area contributed by atoms with E-state index in [1.165, 1.54) is 11.8 Å². The zero-order valence-electron chi connectivity index (χ0n) is 13.7. The number of fused-ring (bicyclic) bond motifs is 2. The molecule has 0 aliphatic rings. The number of nitrogens with one attached hydrogen (secondary N) is 2. The van der Waals surface area contributed by atoms with Gasteiger partial charge in [0.15, 0.2) is 10.8 Å². The number of nitrogens with zero attached hydrogens (tertiary/aromatic N) is 3. The SMILES string of the molecule is COc1ccc2[nH]c(SCc3nc4c(C)cccc4c(=O)[nH]3)nc2n1. The molecule has 0 radical (unpaired) electrons. The molecule has 8 heteroatoms. The lowest BCUT2D eigenvalue weighted by atomic mass is 10.1. The third-order valence-corrected chi connectivity index (χ3v) is 4.72. The summed E-state index contributed by atoms with van der Waals surface area (Å²) in [5, 5.41) is 1.32. The van der Waals surface area contributed by atoms with Crippen LogP contribution in [0.3, 0.4) is 0 Å². The molecule has 0 spiro atoms. The molecule has 2 N–H and O–H groups in total. The van der Waals surface area contributed by atoms with Gasteiger partial charge in [-0.3, -0.25) is 4.79 Å². The highest BCUT2D eigenvalue weighted by atomic mass is 32.2. The topological polar surface area (TPSA) is 96.5 Å². The van der Waals surface area contributed by atoms with E-state index in [1.807, 2.05) is 25.1 Å². The Balaban J connectivity index is 1.62. The third kappa shape index (κ3) is 2.96. The van der Waals surface area contributed by atoms with Crippen molar-refractivity contribution in [1.29, 1.82) is 0 Å². The molecule has 0 aliphatic heterocycles. The zero-order chi connectivity index (χ0) is 17.4. The number of para-hydroxylation sites is 1. The number of hydrogen-bond acceptors (Lipinski definition) is 6. The van der Waals surface area contributed by atoms with Crippen LogP contribution in [0.2, 0.25) is 0 Å². The number of aromatic amines is 2. The van der Waals surface area contributed by atoms with Crippen LogP contribution in [-0.4, -0.2) is 32.0 Å². The van der Waals surface area contributed by atoms with E-state index < -0.39 is 0 Å². The standard InChI is InChI=1S/C17H15N5O2S/c1-9-4-3-5-10-14(9)19-12(20-16(10)23)8-25-17-18-11-6-7-13(24-2)21-15(11)22-17/h3-7H,8H2,1-2H3,(H,18,21,22)(H,19,20,23). The highest BCUT2D eigenvalue weighted by Gasteiger charge is 2.09. The van der Waals surface area contributed by atoms with Gasteiger partial charge >= 0.3 is 0 Å². The van der Waals surface area contributed by atoms with Gasteiger partial charge in [0.1, 0.15) is 5.82 Å². The molecule has 3 aromatic heterocycles. The number of ether oxygens (including phenoxy) is 1. The number of aryl methyl sites for hydroxylation is 1. The van der Waals surface area contributed by atoms with E-state index in [2.05, 4.69) is 24.9 Å². The number of hydrogen-bond donors (Lipinski definition) is 2. The van der Waals surface area contributed by atoms with Crippen molar-refractivity contribution in [3.63, 3.8) is 0 Å². The summed E-state index contributed by atoms with van der Waals surface area (Å²) in [6.07, 6.45) is 0. The number of rotatable bonds is 4. The van der Waals surface area contributed by atoms with Crippen LogP contribution in [0.4, 0.5) is 0 Å². The van der Waals surface area contributed by atoms with Gasteiger partial charge in [-0.25, -0.2) is 9.97 Å². The van der Waals surface area contributed by atoms with E-state index in [0.29, 0.717) is 33.6 Å². The Kier molecular flexibility index (Phi) is 3.89. The lowest BCUT2D eigenvalue weighted by Gasteiger charge is -2.04.